The maximum atomic E-state index is 12.6. The zero-order valence-electron chi connectivity index (χ0n) is 12.1. The average Bonchev–Trinajstić information content (AvgIpc) is 2.77. The van der Waals surface area contributed by atoms with Crippen molar-refractivity contribution in [1.29, 1.82) is 0 Å². The van der Waals surface area contributed by atoms with Gasteiger partial charge in [0.05, 0.1) is 4.92 Å². The molecule has 2 saturated heterocycles. The molecule has 10 heteroatoms. The van der Waals surface area contributed by atoms with Gasteiger partial charge in [0.1, 0.15) is 0 Å². The van der Waals surface area contributed by atoms with Crippen molar-refractivity contribution in [3.8, 4) is 0 Å². The molecule has 0 aliphatic carbocycles. The zero-order chi connectivity index (χ0) is 15.9. The molecule has 23 heavy (non-hydrogen) atoms. The number of benzene rings is 1. The summed E-state index contributed by atoms with van der Waals surface area (Å²) in [6.07, 6.45) is 3.55. The Morgan fingerprint density at radius 1 is 1.26 bits per heavy atom. The van der Waals surface area contributed by atoms with Crippen LogP contribution in [-0.2, 0) is 10.0 Å². The van der Waals surface area contributed by atoms with Gasteiger partial charge in [0.25, 0.3) is 5.69 Å². The molecular weight excluding hydrogens is 410 g/mol. The molecule has 0 radical (unpaired) electrons. The summed E-state index contributed by atoms with van der Waals surface area (Å²) in [5.74, 6) is 0. The van der Waals surface area contributed by atoms with Crippen LogP contribution in [0.2, 0.25) is 0 Å². The van der Waals surface area contributed by atoms with Crippen molar-refractivity contribution in [2.75, 3.05) is 0 Å². The Bertz CT molecular complexity index is 703. The lowest BCUT2D eigenvalue weighted by Gasteiger charge is -2.29. The van der Waals surface area contributed by atoms with Crippen molar-refractivity contribution in [1.82, 2.24) is 10.0 Å². The molecule has 2 bridgehead atoms. The number of hydrogen-bond donors (Lipinski definition) is 2. The van der Waals surface area contributed by atoms with Crippen LogP contribution in [0, 0.1) is 10.1 Å². The number of piperidine rings is 1. The summed E-state index contributed by atoms with van der Waals surface area (Å²) in [7, 11) is -3.93. The molecule has 3 rings (SSSR count). The number of halogens is 2. The molecule has 2 atom stereocenters. The van der Waals surface area contributed by atoms with E-state index >= 15 is 0 Å². The van der Waals surface area contributed by atoms with E-state index < -0.39 is 20.6 Å². The van der Waals surface area contributed by atoms with Crippen LogP contribution in [0.25, 0.3) is 0 Å². The number of nitro groups is 1. The number of nitrogens with zero attached hydrogens (tertiary/aromatic N) is 1. The van der Waals surface area contributed by atoms with Gasteiger partial charge in [-0.1, -0.05) is 15.9 Å². The zero-order valence-corrected chi connectivity index (χ0v) is 15.3. The van der Waals surface area contributed by atoms with Gasteiger partial charge < -0.3 is 5.32 Å². The predicted molar refractivity (Wildman–Crippen MR) is 91.3 cm³/mol. The van der Waals surface area contributed by atoms with Crippen molar-refractivity contribution < 1.29 is 13.3 Å². The Morgan fingerprint density at radius 2 is 1.87 bits per heavy atom. The fourth-order valence-electron chi connectivity index (χ4n) is 3.29. The topological polar surface area (TPSA) is 101 Å². The minimum atomic E-state index is -3.93. The van der Waals surface area contributed by atoms with E-state index in [-0.39, 0.29) is 23.3 Å². The standard InChI is InChI=1S/C13H16BrN3O4S.ClH/c14-8-1-4-12(17(18)19)13(5-8)22(20,21)16-11-6-9-2-3-10(7-11)15-9;/h1,4-5,9-11,15-16H,2-3,6-7H2;1H. The third-order valence-corrected chi connectivity index (χ3v) is 6.25. The highest BCUT2D eigenvalue weighted by atomic mass is 79.9. The minimum absolute atomic E-state index is 0. The number of fused-ring (bicyclic) bond motifs is 2. The molecule has 0 spiro atoms. The summed E-state index contributed by atoms with van der Waals surface area (Å²) < 4.78 is 28.2. The van der Waals surface area contributed by atoms with Crippen molar-refractivity contribution in [3.63, 3.8) is 0 Å². The highest BCUT2D eigenvalue weighted by Crippen LogP contribution is 2.30. The maximum Gasteiger partial charge on any atom is 0.289 e. The van der Waals surface area contributed by atoms with Crippen LogP contribution in [0.15, 0.2) is 27.6 Å². The minimum Gasteiger partial charge on any atom is -0.311 e. The average molecular weight is 427 g/mol. The lowest BCUT2D eigenvalue weighted by molar-refractivity contribution is -0.387. The van der Waals surface area contributed by atoms with Crippen molar-refractivity contribution >= 4 is 44.0 Å². The van der Waals surface area contributed by atoms with Gasteiger partial charge in [0.15, 0.2) is 4.90 Å². The van der Waals surface area contributed by atoms with Gasteiger partial charge in [0.2, 0.25) is 10.0 Å². The normalized spacial score (nSPS) is 26.6. The fraction of sp³-hybridized carbons (Fsp3) is 0.538. The van der Waals surface area contributed by atoms with E-state index in [1.807, 2.05) is 0 Å². The van der Waals surface area contributed by atoms with Gasteiger partial charge in [-0.15, -0.1) is 12.4 Å². The molecule has 2 heterocycles. The lowest BCUT2D eigenvalue weighted by atomic mass is 10.0. The van der Waals surface area contributed by atoms with E-state index in [0.29, 0.717) is 16.6 Å². The molecule has 2 aliphatic heterocycles. The highest BCUT2D eigenvalue weighted by molar-refractivity contribution is 9.10. The van der Waals surface area contributed by atoms with E-state index in [2.05, 4.69) is 26.0 Å². The first-order valence-corrected chi connectivity index (χ1v) is 9.35. The Morgan fingerprint density at radius 3 is 2.43 bits per heavy atom. The van der Waals surface area contributed by atoms with Crippen LogP contribution in [0.3, 0.4) is 0 Å². The Balaban J connectivity index is 0.00000192. The summed E-state index contributed by atoms with van der Waals surface area (Å²) in [5.41, 5.74) is -0.410. The largest absolute Gasteiger partial charge is 0.311 e. The molecule has 2 N–H and O–H groups in total. The van der Waals surface area contributed by atoms with Gasteiger partial charge in [-0.3, -0.25) is 10.1 Å². The Kier molecular flexibility index (Phi) is 5.68. The van der Waals surface area contributed by atoms with E-state index in [1.165, 1.54) is 18.2 Å². The van der Waals surface area contributed by atoms with Crippen LogP contribution in [0.1, 0.15) is 25.7 Å². The van der Waals surface area contributed by atoms with Gasteiger partial charge >= 0.3 is 0 Å². The van der Waals surface area contributed by atoms with Crippen LogP contribution >= 0.6 is 28.3 Å². The van der Waals surface area contributed by atoms with Crippen molar-refractivity contribution in [2.45, 2.75) is 48.7 Å². The first kappa shape index (κ1) is 18.6. The van der Waals surface area contributed by atoms with Crippen LogP contribution in [-0.4, -0.2) is 31.5 Å². The molecule has 1 aromatic carbocycles. The highest BCUT2D eigenvalue weighted by Gasteiger charge is 2.36. The first-order valence-electron chi connectivity index (χ1n) is 7.07. The number of hydrogen-bond acceptors (Lipinski definition) is 5. The Hall–Kier alpha value is -0.740. The van der Waals surface area contributed by atoms with Gasteiger partial charge in [-0.25, -0.2) is 13.1 Å². The molecule has 0 aromatic heterocycles. The van der Waals surface area contributed by atoms with Crippen molar-refractivity contribution in [3.05, 3.63) is 32.8 Å². The number of nitrogens with one attached hydrogen (secondary N) is 2. The summed E-state index contributed by atoms with van der Waals surface area (Å²) in [5, 5.41) is 14.5. The molecule has 128 valence electrons. The van der Waals surface area contributed by atoms with E-state index in [9.17, 15) is 18.5 Å². The first-order chi connectivity index (χ1) is 10.3. The smallest absolute Gasteiger partial charge is 0.289 e. The third-order valence-electron chi connectivity index (χ3n) is 4.20. The lowest BCUT2D eigenvalue weighted by Crippen LogP contribution is -2.47. The SMILES string of the molecule is Cl.O=[N+]([O-])c1ccc(Br)cc1S(=O)(=O)NC1CC2CCC(C1)N2. The van der Waals surface area contributed by atoms with E-state index in [1.54, 1.807) is 0 Å². The van der Waals surface area contributed by atoms with Crippen molar-refractivity contribution in [2.24, 2.45) is 0 Å². The van der Waals surface area contributed by atoms with Crippen LogP contribution in [0.4, 0.5) is 5.69 Å². The van der Waals surface area contributed by atoms with Gasteiger partial charge in [-0.05, 0) is 37.8 Å². The Labute approximate surface area is 149 Å². The predicted octanol–water partition coefficient (Wildman–Crippen LogP) is 2.34. The second-order valence-corrected chi connectivity index (χ2v) is 8.39. The van der Waals surface area contributed by atoms with Crippen LogP contribution in [0.5, 0.6) is 0 Å². The second-order valence-electron chi connectivity index (χ2n) is 5.80. The summed E-state index contributed by atoms with van der Waals surface area (Å²) in [4.78, 5) is 10.1. The molecule has 2 aliphatic rings. The molecule has 2 unspecified atom stereocenters. The second kappa shape index (κ2) is 7.02. The summed E-state index contributed by atoms with van der Waals surface area (Å²) in [6, 6.07) is 4.43. The molecule has 7 nitrogen and oxygen atoms in total. The maximum absolute atomic E-state index is 12.6. The quantitative estimate of drug-likeness (QED) is 0.568. The molecule has 0 saturated carbocycles. The number of sulfonamides is 1. The fourth-order valence-corrected chi connectivity index (χ4v) is 5.26. The third kappa shape index (κ3) is 4.03. The molecular formula is C13H17BrClN3O4S. The summed E-state index contributed by atoms with van der Waals surface area (Å²) in [6.45, 7) is 0. The molecule has 1 aromatic rings. The van der Waals surface area contributed by atoms with E-state index in [0.717, 1.165) is 25.7 Å². The summed E-state index contributed by atoms with van der Waals surface area (Å²) >= 11 is 3.17. The monoisotopic (exact) mass is 425 g/mol. The molecule has 0 amide bonds. The van der Waals surface area contributed by atoms with Crippen LogP contribution < -0.4 is 10.0 Å². The number of nitro benzene ring substituents is 1. The molecule has 2 fully saturated rings. The van der Waals surface area contributed by atoms with Gasteiger partial charge in [0, 0.05) is 28.7 Å². The van der Waals surface area contributed by atoms with E-state index in [4.69, 9.17) is 0 Å². The van der Waals surface area contributed by atoms with Gasteiger partial charge in [-0.2, -0.15) is 0 Å². The number of rotatable bonds is 4.